The number of carbonyl (C=O) groups is 2. The highest BCUT2D eigenvalue weighted by Gasteiger charge is 2.30. The number of hydrogen-bond acceptors (Lipinski definition) is 6. The van der Waals surface area contributed by atoms with E-state index in [0.717, 1.165) is 16.1 Å². The van der Waals surface area contributed by atoms with Gasteiger partial charge in [0.1, 0.15) is 25.8 Å². The van der Waals surface area contributed by atoms with Crippen LogP contribution in [0.25, 0.3) is 0 Å². The van der Waals surface area contributed by atoms with Crippen LogP contribution in [0.5, 0.6) is 11.5 Å². The molecule has 1 N–H and O–H groups in total. The zero-order valence-corrected chi connectivity index (χ0v) is 22.1. The molecule has 3 rings (SSSR count). The molecule has 36 heavy (non-hydrogen) atoms. The summed E-state index contributed by atoms with van der Waals surface area (Å²) in [6.07, 6.45) is 1.57. The van der Waals surface area contributed by atoms with E-state index in [4.69, 9.17) is 9.47 Å². The maximum atomic E-state index is 13.6. The zero-order valence-electron chi connectivity index (χ0n) is 21.3. The average Bonchev–Trinajstić information content (AvgIpc) is 2.85. The van der Waals surface area contributed by atoms with E-state index < -0.39 is 28.5 Å². The summed E-state index contributed by atoms with van der Waals surface area (Å²) in [5.41, 5.74) is 1.30. The van der Waals surface area contributed by atoms with E-state index in [1.165, 1.54) is 4.90 Å². The summed E-state index contributed by atoms with van der Waals surface area (Å²) >= 11 is 0. The molecule has 2 aromatic carbocycles. The Kier molecular flexibility index (Phi) is 9.19. The lowest BCUT2D eigenvalue weighted by molar-refractivity contribution is -0.138. The summed E-state index contributed by atoms with van der Waals surface area (Å²) in [6, 6.07) is 13.6. The highest BCUT2D eigenvalue weighted by Crippen LogP contribution is 2.34. The van der Waals surface area contributed by atoms with Crippen molar-refractivity contribution in [3.05, 3.63) is 54.1 Å². The fraction of sp³-hybridized carbons (Fsp3) is 0.462. The number of rotatable bonds is 11. The van der Waals surface area contributed by atoms with Crippen molar-refractivity contribution in [3.8, 4) is 11.5 Å². The molecule has 0 fully saturated rings. The van der Waals surface area contributed by atoms with Gasteiger partial charge in [0.15, 0.2) is 11.5 Å². The number of fused-ring (bicyclic) bond motifs is 1. The molecule has 1 aliphatic heterocycles. The van der Waals surface area contributed by atoms with Gasteiger partial charge in [-0.3, -0.25) is 13.9 Å². The van der Waals surface area contributed by atoms with Gasteiger partial charge in [0.05, 0.1) is 11.9 Å². The number of anilines is 1. The molecule has 196 valence electrons. The predicted octanol–water partition coefficient (Wildman–Crippen LogP) is 2.46. The molecule has 10 heteroatoms. The first-order valence-electron chi connectivity index (χ1n) is 12.0. The Hall–Kier alpha value is -3.27. The minimum absolute atomic E-state index is 0.255. The number of benzene rings is 2. The van der Waals surface area contributed by atoms with Crippen LogP contribution in [0.15, 0.2) is 48.5 Å². The maximum absolute atomic E-state index is 13.6. The quantitative estimate of drug-likeness (QED) is 0.491. The van der Waals surface area contributed by atoms with E-state index in [1.54, 1.807) is 25.1 Å². The third kappa shape index (κ3) is 7.36. The summed E-state index contributed by atoms with van der Waals surface area (Å²) in [5.74, 6) is 0.436. The summed E-state index contributed by atoms with van der Waals surface area (Å²) in [7, 11) is -3.82. The lowest BCUT2D eigenvalue weighted by atomic mass is 10.1. The van der Waals surface area contributed by atoms with Crippen LogP contribution in [0.3, 0.4) is 0 Å². The first kappa shape index (κ1) is 27.3. The van der Waals surface area contributed by atoms with E-state index in [1.807, 2.05) is 44.2 Å². The van der Waals surface area contributed by atoms with Crippen LogP contribution >= 0.6 is 0 Å². The van der Waals surface area contributed by atoms with Gasteiger partial charge in [0, 0.05) is 19.2 Å². The van der Waals surface area contributed by atoms with Crippen molar-refractivity contribution in [2.45, 2.75) is 33.2 Å². The van der Waals surface area contributed by atoms with Crippen molar-refractivity contribution in [2.24, 2.45) is 5.92 Å². The number of amides is 2. The Balaban J connectivity index is 1.84. The van der Waals surface area contributed by atoms with Crippen molar-refractivity contribution >= 4 is 27.5 Å². The molecule has 0 radical (unpaired) electrons. The zero-order chi connectivity index (χ0) is 26.3. The fourth-order valence-corrected chi connectivity index (χ4v) is 4.66. The van der Waals surface area contributed by atoms with E-state index in [2.05, 4.69) is 5.32 Å². The van der Waals surface area contributed by atoms with Crippen molar-refractivity contribution in [2.75, 3.05) is 43.4 Å². The number of sulfonamides is 1. The fourth-order valence-electron chi connectivity index (χ4n) is 3.82. The second kappa shape index (κ2) is 12.1. The van der Waals surface area contributed by atoms with Crippen LogP contribution in [0.1, 0.15) is 26.3 Å². The number of nitrogens with one attached hydrogen (secondary N) is 1. The van der Waals surface area contributed by atoms with E-state index in [-0.39, 0.29) is 24.1 Å². The van der Waals surface area contributed by atoms with Crippen LogP contribution in [0.4, 0.5) is 5.69 Å². The number of nitrogens with zero attached hydrogens (tertiary/aromatic N) is 2. The van der Waals surface area contributed by atoms with Crippen LogP contribution < -0.4 is 19.1 Å². The van der Waals surface area contributed by atoms with Gasteiger partial charge < -0.3 is 19.7 Å². The average molecular weight is 518 g/mol. The summed E-state index contributed by atoms with van der Waals surface area (Å²) < 4.78 is 37.6. The van der Waals surface area contributed by atoms with Gasteiger partial charge in [-0.25, -0.2) is 8.42 Å². The Morgan fingerprint density at radius 1 is 1.00 bits per heavy atom. The van der Waals surface area contributed by atoms with Crippen LogP contribution in [0.2, 0.25) is 0 Å². The molecule has 0 saturated heterocycles. The number of carbonyl (C=O) groups excluding carboxylic acids is 2. The standard InChI is InChI=1S/C26H35N3O6S/c1-19(2)17-27-26(31)20(3)28(13-12-21-8-6-5-7-9-21)25(30)18-29(36(4,32)33)22-10-11-23-24(16-22)35-15-14-34-23/h5-11,16,19-20H,12-15,17-18H2,1-4H3,(H,27,31)/t20-/m0/s1. The molecule has 2 amide bonds. The summed E-state index contributed by atoms with van der Waals surface area (Å²) in [4.78, 5) is 27.8. The molecule has 0 saturated carbocycles. The van der Waals surface area contributed by atoms with E-state index in [9.17, 15) is 18.0 Å². The minimum Gasteiger partial charge on any atom is -0.486 e. The van der Waals surface area contributed by atoms with Crippen LogP contribution in [-0.2, 0) is 26.0 Å². The SMILES string of the molecule is CC(C)CNC(=O)[C@H](C)N(CCc1ccccc1)C(=O)CN(c1ccc2c(c1)OCCO2)S(C)(=O)=O. The molecule has 1 heterocycles. The molecular formula is C26H35N3O6S. The first-order valence-corrected chi connectivity index (χ1v) is 13.9. The highest BCUT2D eigenvalue weighted by atomic mass is 32.2. The maximum Gasteiger partial charge on any atom is 0.244 e. The molecule has 0 aromatic heterocycles. The Bertz CT molecular complexity index is 1150. The Morgan fingerprint density at radius 2 is 1.67 bits per heavy atom. The summed E-state index contributed by atoms with van der Waals surface area (Å²) in [5, 5.41) is 2.87. The van der Waals surface area contributed by atoms with E-state index in [0.29, 0.717) is 37.7 Å². The van der Waals surface area contributed by atoms with Gasteiger partial charge >= 0.3 is 0 Å². The molecule has 9 nitrogen and oxygen atoms in total. The van der Waals surface area contributed by atoms with Gasteiger partial charge in [0.2, 0.25) is 21.8 Å². The number of hydrogen-bond donors (Lipinski definition) is 1. The Morgan fingerprint density at radius 3 is 2.31 bits per heavy atom. The van der Waals surface area contributed by atoms with Crippen LogP contribution in [-0.4, -0.2) is 70.3 Å². The molecule has 1 aliphatic rings. The first-order chi connectivity index (χ1) is 17.1. The largest absolute Gasteiger partial charge is 0.486 e. The molecular weight excluding hydrogens is 482 g/mol. The van der Waals surface area contributed by atoms with Gasteiger partial charge in [0.25, 0.3) is 0 Å². The topological polar surface area (TPSA) is 105 Å². The monoisotopic (exact) mass is 517 g/mol. The second-order valence-electron chi connectivity index (χ2n) is 9.24. The minimum atomic E-state index is -3.82. The van der Waals surface area contributed by atoms with Gasteiger partial charge in [-0.1, -0.05) is 44.2 Å². The molecule has 0 aliphatic carbocycles. The molecule has 0 unspecified atom stereocenters. The normalized spacial score (nSPS) is 13.7. The lowest BCUT2D eigenvalue weighted by Gasteiger charge is -2.32. The molecule has 2 aromatic rings. The smallest absolute Gasteiger partial charge is 0.244 e. The molecule has 0 bridgehead atoms. The van der Waals surface area contributed by atoms with Crippen molar-refractivity contribution in [3.63, 3.8) is 0 Å². The van der Waals surface area contributed by atoms with Gasteiger partial charge in [-0.15, -0.1) is 0 Å². The van der Waals surface area contributed by atoms with Gasteiger partial charge in [-0.05, 0) is 37.0 Å². The summed E-state index contributed by atoms with van der Waals surface area (Å²) in [6.45, 7) is 6.69. The van der Waals surface area contributed by atoms with Crippen molar-refractivity contribution in [1.29, 1.82) is 0 Å². The van der Waals surface area contributed by atoms with E-state index >= 15 is 0 Å². The molecule has 1 atom stereocenters. The lowest BCUT2D eigenvalue weighted by Crippen LogP contribution is -2.52. The highest BCUT2D eigenvalue weighted by molar-refractivity contribution is 7.92. The Labute approximate surface area is 213 Å². The third-order valence-corrected chi connectivity index (χ3v) is 6.97. The van der Waals surface area contributed by atoms with Crippen molar-refractivity contribution in [1.82, 2.24) is 10.2 Å². The third-order valence-electron chi connectivity index (χ3n) is 5.83. The predicted molar refractivity (Wildman–Crippen MR) is 139 cm³/mol. The number of ether oxygens (including phenoxy) is 2. The second-order valence-corrected chi connectivity index (χ2v) is 11.1. The van der Waals surface area contributed by atoms with Gasteiger partial charge in [-0.2, -0.15) is 0 Å². The van der Waals surface area contributed by atoms with Crippen LogP contribution in [0, 0.1) is 5.92 Å². The van der Waals surface area contributed by atoms with Crippen molar-refractivity contribution < 1.29 is 27.5 Å². The molecule has 0 spiro atoms.